The van der Waals surface area contributed by atoms with Gasteiger partial charge in [0.15, 0.2) is 0 Å². The van der Waals surface area contributed by atoms with Crippen LogP contribution in [0.2, 0.25) is 0 Å². The lowest BCUT2D eigenvalue weighted by molar-refractivity contribution is 1.11. The first-order valence-electron chi connectivity index (χ1n) is 3.93. The SMILES string of the molecule is CN/C=C1\C=Nc2ccccc21. The minimum atomic E-state index is 1.05. The standard InChI is InChI=1S/C10H10N2/c1-11-6-8-7-12-10-5-3-2-4-9(8)10/h2-7,11H,1H3/b8-6+. The van der Waals surface area contributed by atoms with Crippen molar-refractivity contribution in [3.05, 3.63) is 36.0 Å². The number of hydrogen-bond donors (Lipinski definition) is 1. The lowest BCUT2D eigenvalue weighted by Gasteiger charge is -1.97. The summed E-state index contributed by atoms with van der Waals surface area (Å²) in [6.45, 7) is 0. The van der Waals surface area contributed by atoms with Crippen LogP contribution in [-0.2, 0) is 0 Å². The molecule has 0 aliphatic carbocycles. The number of allylic oxidation sites excluding steroid dienone is 1. The van der Waals surface area contributed by atoms with E-state index in [0.717, 1.165) is 11.3 Å². The van der Waals surface area contributed by atoms with E-state index in [1.54, 1.807) is 0 Å². The molecule has 60 valence electrons. The Bertz CT molecular complexity index is 351. The minimum Gasteiger partial charge on any atom is -0.393 e. The van der Waals surface area contributed by atoms with Gasteiger partial charge in [-0.25, -0.2) is 0 Å². The zero-order valence-electron chi connectivity index (χ0n) is 6.91. The summed E-state index contributed by atoms with van der Waals surface area (Å²) in [5, 5.41) is 3.00. The van der Waals surface area contributed by atoms with Gasteiger partial charge in [-0.15, -0.1) is 0 Å². The van der Waals surface area contributed by atoms with Crippen molar-refractivity contribution >= 4 is 17.5 Å². The Hall–Kier alpha value is -1.57. The van der Waals surface area contributed by atoms with Crippen molar-refractivity contribution in [2.24, 2.45) is 4.99 Å². The molecule has 0 spiro atoms. The summed E-state index contributed by atoms with van der Waals surface area (Å²) in [4.78, 5) is 4.27. The van der Waals surface area contributed by atoms with Gasteiger partial charge in [-0.1, -0.05) is 18.2 Å². The average Bonchev–Trinajstić information content (AvgIpc) is 2.50. The van der Waals surface area contributed by atoms with Crippen LogP contribution in [0.25, 0.3) is 5.57 Å². The monoisotopic (exact) mass is 158 g/mol. The molecule has 0 radical (unpaired) electrons. The van der Waals surface area contributed by atoms with Gasteiger partial charge in [-0.05, 0) is 6.07 Å². The van der Waals surface area contributed by atoms with Gasteiger partial charge in [0.2, 0.25) is 0 Å². The Morgan fingerprint density at radius 3 is 3.00 bits per heavy atom. The Balaban J connectivity index is 2.49. The molecular weight excluding hydrogens is 148 g/mol. The van der Waals surface area contributed by atoms with Crippen molar-refractivity contribution < 1.29 is 0 Å². The maximum Gasteiger partial charge on any atom is 0.0709 e. The van der Waals surface area contributed by atoms with Gasteiger partial charge < -0.3 is 5.32 Å². The Kier molecular flexibility index (Phi) is 1.67. The van der Waals surface area contributed by atoms with E-state index in [9.17, 15) is 0 Å². The maximum atomic E-state index is 4.27. The normalized spacial score (nSPS) is 16.6. The first-order chi connectivity index (χ1) is 5.92. The zero-order valence-corrected chi connectivity index (χ0v) is 6.91. The molecule has 12 heavy (non-hydrogen) atoms. The molecule has 0 aromatic heterocycles. The first-order valence-corrected chi connectivity index (χ1v) is 3.93. The molecule has 1 aliphatic heterocycles. The molecular formula is C10H10N2. The molecule has 0 atom stereocenters. The third-order valence-corrected chi connectivity index (χ3v) is 1.86. The number of aliphatic imine (C=N–C) groups is 1. The Morgan fingerprint density at radius 1 is 1.33 bits per heavy atom. The molecule has 2 nitrogen and oxygen atoms in total. The summed E-state index contributed by atoms with van der Waals surface area (Å²) in [6.07, 6.45) is 3.83. The van der Waals surface area contributed by atoms with E-state index in [4.69, 9.17) is 0 Å². The van der Waals surface area contributed by atoms with Crippen LogP contribution in [-0.4, -0.2) is 13.3 Å². The van der Waals surface area contributed by atoms with Crippen LogP contribution in [0, 0.1) is 0 Å². The lowest BCUT2D eigenvalue weighted by atomic mass is 10.1. The van der Waals surface area contributed by atoms with Gasteiger partial charge in [0.05, 0.1) is 5.69 Å². The molecule has 0 amide bonds. The molecule has 1 aromatic carbocycles. The van der Waals surface area contributed by atoms with Crippen molar-refractivity contribution in [3.63, 3.8) is 0 Å². The molecule has 2 heteroatoms. The summed E-state index contributed by atoms with van der Waals surface area (Å²) >= 11 is 0. The predicted molar refractivity (Wildman–Crippen MR) is 51.6 cm³/mol. The third-order valence-electron chi connectivity index (χ3n) is 1.86. The fourth-order valence-electron chi connectivity index (χ4n) is 1.31. The number of hydrogen-bond acceptors (Lipinski definition) is 2. The number of nitrogens with one attached hydrogen (secondary N) is 1. The van der Waals surface area contributed by atoms with Crippen LogP contribution in [0.15, 0.2) is 35.5 Å². The molecule has 1 aliphatic rings. The van der Waals surface area contributed by atoms with Crippen molar-refractivity contribution in [2.75, 3.05) is 7.05 Å². The summed E-state index contributed by atoms with van der Waals surface area (Å²) in [5.41, 5.74) is 3.40. The molecule has 0 fully saturated rings. The molecule has 1 aromatic rings. The van der Waals surface area contributed by atoms with Crippen molar-refractivity contribution in [1.82, 2.24) is 5.32 Å². The van der Waals surface area contributed by atoms with Gasteiger partial charge in [-0.2, -0.15) is 0 Å². The lowest BCUT2D eigenvalue weighted by Crippen LogP contribution is -1.94. The van der Waals surface area contributed by atoms with E-state index in [1.165, 1.54) is 5.56 Å². The summed E-state index contributed by atoms with van der Waals surface area (Å²) in [6, 6.07) is 8.11. The molecule has 1 heterocycles. The second-order valence-corrected chi connectivity index (χ2v) is 2.66. The van der Waals surface area contributed by atoms with E-state index in [-0.39, 0.29) is 0 Å². The number of benzene rings is 1. The molecule has 0 saturated carbocycles. The summed E-state index contributed by atoms with van der Waals surface area (Å²) < 4.78 is 0. The zero-order chi connectivity index (χ0) is 8.39. The molecule has 2 rings (SSSR count). The minimum absolute atomic E-state index is 1.05. The fraction of sp³-hybridized carbons (Fsp3) is 0.100. The van der Waals surface area contributed by atoms with Crippen LogP contribution in [0.4, 0.5) is 5.69 Å². The molecule has 0 saturated heterocycles. The van der Waals surface area contributed by atoms with Crippen molar-refractivity contribution in [3.8, 4) is 0 Å². The smallest absolute Gasteiger partial charge is 0.0709 e. The van der Waals surface area contributed by atoms with E-state index >= 15 is 0 Å². The van der Waals surface area contributed by atoms with Crippen LogP contribution in [0.1, 0.15) is 5.56 Å². The van der Waals surface area contributed by atoms with E-state index in [1.807, 2.05) is 37.7 Å². The average molecular weight is 158 g/mol. The van der Waals surface area contributed by atoms with E-state index < -0.39 is 0 Å². The topological polar surface area (TPSA) is 24.4 Å². The van der Waals surface area contributed by atoms with Gasteiger partial charge in [-0.3, -0.25) is 4.99 Å². The van der Waals surface area contributed by atoms with Crippen LogP contribution in [0.3, 0.4) is 0 Å². The molecule has 0 unspecified atom stereocenters. The highest BCUT2D eigenvalue weighted by Crippen LogP contribution is 2.29. The fourth-order valence-corrected chi connectivity index (χ4v) is 1.31. The van der Waals surface area contributed by atoms with Crippen LogP contribution >= 0.6 is 0 Å². The number of para-hydroxylation sites is 1. The predicted octanol–water partition coefficient (Wildman–Crippen LogP) is 1.96. The third kappa shape index (κ3) is 1.01. The van der Waals surface area contributed by atoms with Crippen molar-refractivity contribution in [2.45, 2.75) is 0 Å². The largest absolute Gasteiger partial charge is 0.393 e. The summed E-state index contributed by atoms with van der Waals surface area (Å²) in [5.74, 6) is 0. The van der Waals surface area contributed by atoms with Gasteiger partial charge >= 0.3 is 0 Å². The highest BCUT2D eigenvalue weighted by molar-refractivity contribution is 6.16. The molecule has 1 N–H and O–H groups in total. The Morgan fingerprint density at radius 2 is 2.17 bits per heavy atom. The van der Waals surface area contributed by atoms with Crippen molar-refractivity contribution in [1.29, 1.82) is 0 Å². The first kappa shape index (κ1) is 7.10. The highest BCUT2D eigenvalue weighted by atomic mass is 14.8. The quantitative estimate of drug-likeness (QED) is 0.663. The van der Waals surface area contributed by atoms with Gasteiger partial charge in [0.25, 0.3) is 0 Å². The van der Waals surface area contributed by atoms with Gasteiger partial charge in [0, 0.05) is 30.6 Å². The van der Waals surface area contributed by atoms with E-state index in [0.29, 0.717) is 0 Å². The molecule has 0 bridgehead atoms. The highest BCUT2D eigenvalue weighted by Gasteiger charge is 2.09. The second-order valence-electron chi connectivity index (χ2n) is 2.66. The van der Waals surface area contributed by atoms with Crippen LogP contribution in [0.5, 0.6) is 0 Å². The second kappa shape index (κ2) is 2.81. The maximum absolute atomic E-state index is 4.27. The number of fused-ring (bicyclic) bond motifs is 1. The summed E-state index contributed by atoms with van der Waals surface area (Å²) in [7, 11) is 1.89. The number of nitrogens with zero attached hydrogens (tertiary/aromatic N) is 1. The van der Waals surface area contributed by atoms with Crippen LogP contribution < -0.4 is 5.32 Å². The Labute approximate surface area is 71.6 Å². The number of rotatable bonds is 1. The van der Waals surface area contributed by atoms with Gasteiger partial charge in [0.1, 0.15) is 0 Å². The van der Waals surface area contributed by atoms with E-state index in [2.05, 4.69) is 16.4 Å².